The number of rotatable bonds is 4. The molecule has 4 nitrogen and oxygen atoms in total. The van der Waals surface area contributed by atoms with Crippen molar-refractivity contribution in [3.05, 3.63) is 0 Å². The van der Waals surface area contributed by atoms with Gasteiger partial charge in [-0.2, -0.15) is 0 Å². The highest BCUT2D eigenvalue weighted by Crippen LogP contribution is 2.21. The minimum atomic E-state index is 0. The van der Waals surface area contributed by atoms with Crippen LogP contribution in [0.2, 0.25) is 0 Å². The number of nitrogens with one attached hydrogen (secondary N) is 1. The zero-order chi connectivity index (χ0) is 13.5. The van der Waals surface area contributed by atoms with Crippen molar-refractivity contribution in [2.75, 3.05) is 40.3 Å². The molecule has 0 aromatic rings. The normalized spacial score (nSPS) is 21.1. The third kappa shape index (κ3) is 5.39. The molecule has 1 heterocycles. The van der Waals surface area contributed by atoms with E-state index in [1.165, 1.54) is 44.9 Å². The maximum atomic E-state index is 4.39. The number of likely N-dealkylation sites (tertiary alicyclic amines) is 1. The lowest BCUT2D eigenvalue weighted by molar-refractivity contribution is 0.194. The Balaban J connectivity index is 0.00000200. The lowest BCUT2D eigenvalue weighted by atomic mass is 9.94. The maximum Gasteiger partial charge on any atom is 0.193 e. The summed E-state index contributed by atoms with van der Waals surface area (Å²) in [4.78, 5) is 9.30. The Morgan fingerprint density at radius 2 is 1.80 bits per heavy atom. The molecule has 1 saturated heterocycles. The Kier molecular flexibility index (Phi) is 8.84. The molecule has 1 aliphatic heterocycles. The van der Waals surface area contributed by atoms with Crippen molar-refractivity contribution in [2.45, 2.75) is 51.0 Å². The van der Waals surface area contributed by atoms with Gasteiger partial charge in [-0.25, -0.2) is 0 Å². The molecule has 20 heavy (non-hydrogen) atoms. The van der Waals surface area contributed by atoms with Gasteiger partial charge in [-0.3, -0.25) is 4.99 Å². The smallest absolute Gasteiger partial charge is 0.193 e. The SMILES string of the molecule is CN=C(NCCN(C)C1CCCCC1)N1CCCC1.I. The van der Waals surface area contributed by atoms with E-state index in [9.17, 15) is 0 Å². The second-order valence-electron chi connectivity index (χ2n) is 5.94. The summed E-state index contributed by atoms with van der Waals surface area (Å²) < 4.78 is 0. The van der Waals surface area contributed by atoms with Crippen LogP contribution in [-0.4, -0.2) is 62.1 Å². The van der Waals surface area contributed by atoms with Gasteiger partial charge in [0, 0.05) is 39.3 Å². The summed E-state index contributed by atoms with van der Waals surface area (Å²) in [5.41, 5.74) is 0. The minimum absolute atomic E-state index is 0. The average Bonchev–Trinajstić information content (AvgIpc) is 2.98. The molecule has 0 unspecified atom stereocenters. The van der Waals surface area contributed by atoms with Gasteiger partial charge in [-0.1, -0.05) is 19.3 Å². The summed E-state index contributed by atoms with van der Waals surface area (Å²) in [6, 6.07) is 0.810. The van der Waals surface area contributed by atoms with Gasteiger partial charge in [-0.15, -0.1) is 24.0 Å². The molecular weight excluding hydrogens is 363 g/mol. The molecule has 0 atom stereocenters. The molecule has 0 amide bonds. The lowest BCUT2D eigenvalue weighted by Crippen LogP contribution is -2.44. The van der Waals surface area contributed by atoms with E-state index < -0.39 is 0 Å². The first-order valence-corrected chi connectivity index (χ1v) is 7.97. The van der Waals surface area contributed by atoms with Gasteiger partial charge in [0.25, 0.3) is 0 Å². The van der Waals surface area contributed by atoms with Crippen LogP contribution in [-0.2, 0) is 0 Å². The number of halogens is 1. The summed E-state index contributed by atoms with van der Waals surface area (Å²) >= 11 is 0. The zero-order valence-electron chi connectivity index (χ0n) is 13.1. The minimum Gasteiger partial charge on any atom is -0.355 e. The van der Waals surface area contributed by atoms with E-state index >= 15 is 0 Å². The van der Waals surface area contributed by atoms with Crippen molar-refractivity contribution in [1.82, 2.24) is 15.1 Å². The van der Waals surface area contributed by atoms with Gasteiger partial charge in [0.05, 0.1) is 0 Å². The van der Waals surface area contributed by atoms with E-state index in [0.29, 0.717) is 0 Å². The molecular formula is C15H31IN4. The van der Waals surface area contributed by atoms with Crippen molar-refractivity contribution < 1.29 is 0 Å². The Hall–Kier alpha value is -0.0400. The fourth-order valence-electron chi connectivity index (χ4n) is 3.31. The summed E-state index contributed by atoms with van der Waals surface area (Å²) in [5, 5.41) is 3.52. The lowest BCUT2D eigenvalue weighted by Gasteiger charge is -2.31. The molecule has 2 aliphatic rings. The molecule has 5 heteroatoms. The number of likely N-dealkylation sites (N-methyl/N-ethyl adjacent to an activating group) is 1. The van der Waals surface area contributed by atoms with Crippen molar-refractivity contribution in [3.63, 3.8) is 0 Å². The molecule has 1 N–H and O–H groups in total. The predicted molar refractivity (Wildman–Crippen MR) is 97.1 cm³/mol. The maximum absolute atomic E-state index is 4.39. The van der Waals surface area contributed by atoms with Crippen LogP contribution >= 0.6 is 24.0 Å². The van der Waals surface area contributed by atoms with Crippen molar-refractivity contribution in [3.8, 4) is 0 Å². The quantitative estimate of drug-likeness (QED) is 0.452. The van der Waals surface area contributed by atoms with Gasteiger partial charge < -0.3 is 15.1 Å². The van der Waals surface area contributed by atoms with E-state index in [0.717, 1.165) is 38.2 Å². The van der Waals surface area contributed by atoms with Crippen LogP contribution in [0, 0.1) is 0 Å². The first kappa shape index (κ1) is 18.0. The molecule has 1 aliphatic carbocycles. The second kappa shape index (κ2) is 9.82. The highest BCUT2D eigenvalue weighted by Gasteiger charge is 2.18. The number of hydrogen-bond donors (Lipinski definition) is 1. The summed E-state index contributed by atoms with van der Waals surface area (Å²) in [7, 11) is 4.17. The fraction of sp³-hybridized carbons (Fsp3) is 0.933. The second-order valence-corrected chi connectivity index (χ2v) is 5.94. The first-order chi connectivity index (χ1) is 9.31. The molecule has 118 valence electrons. The van der Waals surface area contributed by atoms with Crippen LogP contribution in [0.5, 0.6) is 0 Å². The van der Waals surface area contributed by atoms with Gasteiger partial charge in [0.2, 0.25) is 0 Å². The number of hydrogen-bond acceptors (Lipinski definition) is 2. The van der Waals surface area contributed by atoms with Crippen LogP contribution in [0.25, 0.3) is 0 Å². The van der Waals surface area contributed by atoms with E-state index in [4.69, 9.17) is 0 Å². The molecule has 0 aromatic carbocycles. The van der Waals surface area contributed by atoms with Gasteiger partial charge in [-0.05, 0) is 32.7 Å². The van der Waals surface area contributed by atoms with E-state index in [1.54, 1.807) is 0 Å². The summed E-state index contributed by atoms with van der Waals surface area (Å²) in [6.45, 7) is 4.46. The first-order valence-electron chi connectivity index (χ1n) is 7.97. The highest BCUT2D eigenvalue weighted by atomic mass is 127. The summed E-state index contributed by atoms with van der Waals surface area (Å²) in [5.74, 6) is 1.09. The number of guanidine groups is 1. The Morgan fingerprint density at radius 3 is 2.40 bits per heavy atom. The topological polar surface area (TPSA) is 30.9 Å². The molecule has 0 bridgehead atoms. The zero-order valence-corrected chi connectivity index (χ0v) is 15.4. The van der Waals surface area contributed by atoms with E-state index in [2.05, 4.69) is 27.2 Å². The Labute approximate surface area is 141 Å². The van der Waals surface area contributed by atoms with E-state index in [1.807, 2.05) is 7.05 Å². The molecule has 2 fully saturated rings. The van der Waals surface area contributed by atoms with Gasteiger partial charge in [0.1, 0.15) is 0 Å². The third-order valence-electron chi connectivity index (χ3n) is 4.56. The monoisotopic (exact) mass is 394 g/mol. The van der Waals surface area contributed by atoms with Crippen LogP contribution in [0.15, 0.2) is 4.99 Å². The third-order valence-corrected chi connectivity index (χ3v) is 4.56. The number of nitrogens with zero attached hydrogens (tertiary/aromatic N) is 3. The molecule has 2 rings (SSSR count). The molecule has 0 radical (unpaired) electrons. The van der Waals surface area contributed by atoms with Crippen LogP contribution < -0.4 is 5.32 Å². The standard InChI is InChI=1S/C15H30N4.HI/c1-16-15(19-11-6-7-12-19)17-10-13-18(2)14-8-4-3-5-9-14;/h14H,3-13H2,1-2H3,(H,16,17);1H. The Bertz CT molecular complexity index is 284. The number of aliphatic imine (C=N–C) groups is 1. The van der Waals surface area contributed by atoms with Crippen molar-refractivity contribution in [1.29, 1.82) is 0 Å². The van der Waals surface area contributed by atoms with Gasteiger partial charge >= 0.3 is 0 Å². The average molecular weight is 394 g/mol. The molecule has 1 saturated carbocycles. The molecule has 0 spiro atoms. The van der Waals surface area contributed by atoms with Crippen LogP contribution in [0.4, 0.5) is 0 Å². The van der Waals surface area contributed by atoms with E-state index in [-0.39, 0.29) is 24.0 Å². The molecule has 0 aromatic heterocycles. The highest BCUT2D eigenvalue weighted by molar-refractivity contribution is 14.0. The summed E-state index contributed by atoms with van der Waals surface area (Å²) in [6.07, 6.45) is 9.65. The van der Waals surface area contributed by atoms with Crippen molar-refractivity contribution >= 4 is 29.9 Å². The largest absolute Gasteiger partial charge is 0.355 e. The predicted octanol–water partition coefficient (Wildman–Crippen LogP) is 2.54. The van der Waals surface area contributed by atoms with Crippen molar-refractivity contribution in [2.24, 2.45) is 4.99 Å². The van der Waals surface area contributed by atoms with Gasteiger partial charge in [0.15, 0.2) is 5.96 Å². The Morgan fingerprint density at radius 1 is 1.15 bits per heavy atom. The fourth-order valence-corrected chi connectivity index (χ4v) is 3.31. The van der Waals surface area contributed by atoms with Crippen LogP contribution in [0.1, 0.15) is 44.9 Å². The van der Waals surface area contributed by atoms with Crippen LogP contribution in [0.3, 0.4) is 0 Å².